The lowest BCUT2D eigenvalue weighted by atomic mass is 10.2. The lowest BCUT2D eigenvalue weighted by molar-refractivity contribution is 0.961. The van der Waals surface area contributed by atoms with Crippen molar-refractivity contribution in [3.63, 3.8) is 0 Å². The normalized spacial score (nSPS) is 9.69. The SMILES string of the molecule is N#Cc1ccnc(Sc2ncccn2)c1N. The van der Waals surface area contributed by atoms with E-state index in [9.17, 15) is 0 Å². The highest BCUT2D eigenvalue weighted by Gasteiger charge is 2.08. The number of hydrogen-bond acceptors (Lipinski definition) is 6. The molecule has 0 unspecified atom stereocenters. The third kappa shape index (κ3) is 2.10. The fraction of sp³-hybridized carbons (Fsp3) is 0. The number of rotatable bonds is 2. The van der Waals surface area contributed by atoms with Crippen molar-refractivity contribution in [1.82, 2.24) is 15.0 Å². The van der Waals surface area contributed by atoms with E-state index in [1.807, 2.05) is 6.07 Å². The van der Waals surface area contributed by atoms with Crippen molar-refractivity contribution in [3.05, 3.63) is 36.3 Å². The Bertz CT molecular complexity index is 535. The zero-order valence-electron chi connectivity index (χ0n) is 8.16. The fourth-order valence-electron chi connectivity index (χ4n) is 1.06. The molecule has 0 atom stereocenters. The number of anilines is 1. The van der Waals surface area contributed by atoms with Crippen LogP contribution in [0, 0.1) is 11.3 Å². The zero-order chi connectivity index (χ0) is 11.4. The maximum Gasteiger partial charge on any atom is 0.193 e. The molecule has 2 N–H and O–H groups in total. The van der Waals surface area contributed by atoms with Crippen LogP contribution in [0.5, 0.6) is 0 Å². The molecule has 0 fully saturated rings. The molecule has 78 valence electrons. The van der Waals surface area contributed by atoms with Crippen molar-refractivity contribution < 1.29 is 0 Å². The molecule has 16 heavy (non-hydrogen) atoms. The second kappa shape index (κ2) is 4.59. The average Bonchev–Trinajstić information content (AvgIpc) is 2.33. The first-order valence-corrected chi connectivity index (χ1v) is 5.22. The standard InChI is InChI=1S/C10H7N5S/c11-6-7-2-5-13-9(8(7)12)16-10-14-3-1-4-15-10/h1-5H,12H2. The van der Waals surface area contributed by atoms with Gasteiger partial charge in [-0.25, -0.2) is 15.0 Å². The minimum absolute atomic E-state index is 0.363. The van der Waals surface area contributed by atoms with Gasteiger partial charge in [0.15, 0.2) is 5.16 Å². The van der Waals surface area contributed by atoms with Gasteiger partial charge in [-0.2, -0.15) is 5.26 Å². The van der Waals surface area contributed by atoms with Gasteiger partial charge in [-0.1, -0.05) is 0 Å². The van der Waals surface area contributed by atoms with Crippen LogP contribution in [0.2, 0.25) is 0 Å². The first-order chi connectivity index (χ1) is 7.81. The summed E-state index contributed by atoms with van der Waals surface area (Å²) in [5, 5.41) is 9.91. The number of nitriles is 1. The third-order valence-corrected chi connectivity index (χ3v) is 2.72. The molecule has 0 saturated heterocycles. The van der Waals surface area contributed by atoms with Crippen molar-refractivity contribution in [2.75, 3.05) is 5.73 Å². The van der Waals surface area contributed by atoms with Gasteiger partial charge in [0.1, 0.15) is 11.1 Å². The topological polar surface area (TPSA) is 88.5 Å². The molecule has 0 radical (unpaired) electrons. The summed E-state index contributed by atoms with van der Waals surface area (Å²) in [4.78, 5) is 12.2. The van der Waals surface area contributed by atoms with E-state index in [0.29, 0.717) is 21.4 Å². The average molecular weight is 229 g/mol. The van der Waals surface area contributed by atoms with Crippen LogP contribution in [-0.4, -0.2) is 15.0 Å². The first kappa shape index (κ1) is 10.4. The summed E-state index contributed by atoms with van der Waals surface area (Å²) in [5.41, 5.74) is 6.55. The molecule has 0 aliphatic carbocycles. The van der Waals surface area contributed by atoms with Gasteiger partial charge in [0.2, 0.25) is 0 Å². The molecule has 0 amide bonds. The number of nitrogens with zero attached hydrogens (tertiary/aromatic N) is 4. The van der Waals surface area contributed by atoms with Crippen LogP contribution in [0.1, 0.15) is 5.56 Å². The maximum atomic E-state index is 8.81. The predicted molar refractivity (Wildman–Crippen MR) is 59.5 cm³/mol. The van der Waals surface area contributed by atoms with Crippen molar-refractivity contribution >= 4 is 17.4 Å². The van der Waals surface area contributed by atoms with Crippen LogP contribution < -0.4 is 5.73 Å². The summed E-state index contributed by atoms with van der Waals surface area (Å²) in [6, 6.07) is 5.31. The van der Waals surface area contributed by atoms with Gasteiger partial charge in [0.25, 0.3) is 0 Å². The Morgan fingerprint density at radius 1 is 1.19 bits per heavy atom. The van der Waals surface area contributed by atoms with Crippen LogP contribution in [0.4, 0.5) is 5.69 Å². The van der Waals surface area contributed by atoms with E-state index < -0.39 is 0 Å². The Hall–Kier alpha value is -2.13. The zero-order valence-corrected chi connectivity index (χ0v) is 8.98. The van der Waals surface area contributed by atoms with Gasteiger partial charge >= 0.3 is 0 Å². The summed E-state index contributed by atoms with van der Waals surface area (Å²) in [6.45, 7) is 0. The fourth-order valence-corrected chi connectivity index (χ4v) is 1.79. The Labute approximate surface area is 96.4 Å². The molecule has 0 saturated carbocycles. The largest absolute Gasteiger partial charge is 0.395 e. The smallest absolute Gasteiger partial charge is 0.193 e. The lowest BCUT2D eigenvalue weighted by Gasteiger charge is -2.03. The molecular formula is C10H7N5S. The second-order valence-electron chi connectivity index (χ2n) is 2.82. The summed E-state index contributed by atoms with van der Waals surface area (Å²) < 4.78 is 0. The van der Waals surface area contributed by atoms with E-state index in [4.69, 9.17) is 11.0 Å². The molecule has 0 aromatic carbocycles. The molecule has 6 heteroatoms. The van der Waals surface area contributed by atoms with Gasteiger partial charge in [0.05, 0.1) is 11.3 Å². The Balaban J connectivity index is 2.33. The number of aromatic nitrogens is 3. The Kier molecular flexibility index (Phi) is 2.98. The minimum Gasteiger partial charge on any atom is -0.395 e. The van der Waals surface area contributed by atoms with Crippen LogP contribution in [-0.2, 0) is 0 Å². The maximum absolute atomic E-state index is 8.81. The molecular weight excluding hydrogens is 222 g/mol. The van der Waals surface area contributed by atoms with E-state index in [1.165, 1.54) is 11.8 Å². The van der Waals surface area contributed by atoms with E-state index in [0.717, 1.165) is 0 Å². The highest BCUT2D eigenvalue weighted by Crippen LogP contribution is 2.28. The second-order valence-corrected chi connectivity index (χ2v) is 3.78. The number of nitrogens with two attached hydrogens (primary N) is 1. The molecule has 2 aromatic rings. The number of nitrogen functional groups attached to an aromatic ring is 1. The quantitative estimate of drug-likeness (QED) is 0.784. The summed E-state index contributed by atoms with van der Waals surface area (Å²) in [7, 11) is 0. The van der Waals surface area contributed by atoms with Crippen LogP contribution in [0.3, 0.4) is 0 Å². The van der Waals surface area contributed by atoms with Gasteiger partial charge < -0.3 is 5.73 Å². The summed E-state index contributed by atoms with van der Waals surface area (Å²) in [6.07, 6.45) is 4.82. The van der Waals surface area contributed by atoms with E-state index in [-0.39, 0.29) is 0 Å². The van der Waals surface area contributed by atoms with Gasteiger partial charge in [-0.3, -0.25) is 0 Å². The molecule has 0 spiro atoms. The Morgan fingerprint density at radius 3 is 2.62 bits per heavy atom. The minimum atomic E-state index is 0.363. The predicted octanol–water partition coefficient (Wildman–Crippen LogP) is 1.48. The molecule has 2 rings (SSSR count). The Morgan fingerprint density at radius 2 is 1.94 bits per heavy atom. The number of hydrogen-bond donors (Lipinski definition) is 1. The van der Waals surface area contributed by atoms with Gasteiger partial charge in [-0.05, 0) is 23.9 Å². The van der Waals surface area contributed by atoms with Crippen molar-refractivity contribution in [1.29, 1.82) is 5.26 Å². The monoisotopic (exact) mass is 229 g/mol. The highest BCUT2D eigenvalue weighted by atomic mass is 32.2. The van der Waals surface area contributed by atoms with Crippen molar-refractivity contribution in [3.8, 4) is 6.07 Å². The molecule has 2 aromatic heterocycles. The van der Waals surface area contributed by atoms with Crippen LogP contribution in [0.15, 0.2) is 40.9 Å². The van der Waals surface area contributed by atoms with Crippen molar-refractivity contribution in [2.24, 2.45) is 0 Å². The number of pyridine rings is 1. The van der Waals surface area contributed by atoms with E-state index >= 15 is 0 Å². The molecule has 0 aliphatic rings. The van der Waals surface area contributed by atoms with E-state index in [1.54, 1.807) is 30.7 Å². The molecule has 0 bridgehead atoms. The van der Waals surface area contributed by atoms with E-state index in [2.05, 4.69) is 15.0 Å². The highest BCUT2D eigenvalue weighted by molar-refractivity contribution is 7.99. The lowest BCUT2D eigenvalue weighted by Crippen LogP contribution is -1.96. The molecule has 5 nitrogen and oxygen atoms in total. The van der Waals surface area contributed by atoms with Crippen LogP contribution in [0.25, 0.3) is 0 Å². The summed E-state index contributed by atoms with van der Waals surface area (Å²) in [5.74, 6) is 0. The summed E-state index contributed by atoms with van der Waals surface area (Å²) >= 11 is 1.23. The first-order valence-electron chi connectivity index (χ1n) is 4.40. The van der Waals surface area contributed by atoms with Gasteiger partial charge in [0, 0.05) is 18.6 Å². The molecule has 2 heterocycles. The molecule has 0 aliphatic heterocycles. The van der Waals surface area contributed by atoms with Crippen LogP contribution >= 0.6 is 11.8 Å². The van der Waals surface area contributed by atoms with Gasteiger partial charge in [-0.15, -0.1) is 0 Å². The third-order valence-electron chi connectivity index (χ3n) is 1.80. The van der Waals surface area contributed by atoms with Crippen molar-refractivity contribution in [2.45, 2.75) is 10.2 Å².